The number of carbonyl (C=O) groups excluding carboxylic acids is 2. The van der Waals surface area contributed by atoms with E-state index in [1.54, 1.807) is 37.4 Å². The number of hydrogen-bond acceptors (Lipinski definition) is 8. The minimum atomic E-state index is -0.557. The number of methoxy groups -OCH3 is 4. The second-order valence-electron chi connectivity index (χ2n) is 6.42. The van der Waals surface area contributed by atoms with E-state index >= 15 is 0 Å². The number of esters is 1. The summed E-state index contributed by atoms with van der Waals surface area (Å²) in [5, 5.41) is 3.41. The van der Waals surface area contributed by atoms with Crippen LogP contribution >= 0.6 is 0 Å². The maximum atomic E-state index is 12.2. The molecule has 0 aliphatic heterocycles. The smallest absolute Gasteiger partial charge is 0.310 e. The third-order valence-electron chi connectivity index (χ3n) is 4.51. The Kier molecular flexibility index (Phi) is 6.86. The zero-order valence-corrected chi connectivity index (χ0v) is 17.6. The summed E-state index contributed by atoms with van der Waals surface area (Å²) in [6.07, 6.45) is 1.46. The summed E-state index contributed by atoms with van der Waals surface area (Å²) in [6.45, 7) is -0.445. The van der Waals surface area contributed by atoms with Crippen molar-refractivity contribution in [1.29, 1.82) is 0 Å². The number of rotatable bonds is 9. The number of fused-ring (bicyclic) bond motifs is 1. The number of hydrogen-bond donors (Lipinski definition) is 1. The number of nitrogens with one attached hydrogen (secondary N) is 1. The van der Waals surface area contributed by atoms with Crippen LogP contribution in [0, 0.1) is 0 Å². The van der Waals surface area contributed by atoms with Gasteiger partial charge in [-0.15, -0.1) is 0 Å². The molecule has 0 spiro atoms. The molecule has 1 heterocycles. The third-order valence-corrected chi connectivity index (χ3v) is 4.51. The van der Waals surface area contributed by atoms with Gasteiger partial charge in [0.05, 0.1) is 41.1 Å². The lowest BCUT2D eigenvalue weighted by molar-refractivity contribution is -0.146. The first kappa shape index (κ1) is 21.8. The Morgan fingerprint density at radius 1 is 0.935 bits per heavy atom. The standard InChI is InChI=1S/C22H23NO8/c1-26-15-5-6-16-13(11-30-17(16)10-15)7-21(25)31-12-20(24)23-14-8-18(27-2)22(29-4)19(9-14)28-3/h5-6,8-11H,7,12H2,1-4H3,(H,23,24). The molecule has 3 aromatic rings. The van der Waals surface area contributed by atoms with E-state index in [4.69, 9.17) is 28.1 Å². The minimum absolute atomic E-state index is 0.0310. The topological polar surface area (TPSA) is 105 Å². The quantitative estimate of drug-likeness (QED) is 0.517. The van der Waals surface area contributed by atoms with Gasteiger partial charge in [-0.2, -0.15) is 0 Å². The van der Waals surface area contributed by atoms with E-state index in [0.29, 0.717) is 39.8 Å². The van der Waals surface area contributed by atoms with Gasteiger partial charge >= 0.3 is 5.97 Å². The molecule has 0 atom stereocenters. The lowest BCUT2D eigenvalue weighted by Crippen LogP contribution is -2.21. The normalized spacial score (nSPS) is 10.5. The molecule has 3 rings (SSSR count). The van der Waals surface area contributed by atoms with Crippen molar-refractivity contribution in [3.63, 3.8) is 0 Å². The average molecular weight is 429 g/mol. The summed E-state index contributed by atoms with van der Waals surface area (Å²) in [4.78, 5) is 24.4. The van der Waals surface area contributed by atoms with Crippen LogP contribution in [-0.4, -0.2) is 46.9 Å². The van der Waals surface area contributed by atoms with Crippen molar-refractivity contribution in [2.24, 2.45) is 0 Å². The van der Waals surface area contributed by atoms with Crippen LogP contribution in [0.1, 0.15) is 5.56 Å². The highest BCUT2D eigenvalue weighted by atomic mass is 16.5. The Bertz CT molecular complexity index is 1060. The van der Waals surface area contributed by atoms with Crippen molar-refractivity contribution in [3.8, 4) is 23.0 Å². The summed E-state index contributed by atoms with van der Waals surface area (Å²) in [6, 6.07) is 8.46. The molecule has 2 aromatic carbocycles. The van der Waals surface area contributed by atoms with Gasteiger partial charge in [0, 0.05) is 34.8 Å². The molecule has 0 aliphatic rings. The molecular weight excluding hydrogens is 406 g/mol. The summed E-state index contributed by atoms with van der Waals surface area (Å²) < 4.78 is 31.4. The predicted molar refractivity (Wildman–Crippen MR) is 112 cm³/mol. The molecule has 164 valence electrons. The van der Waals surface area contributed by atoms with Gasteiger partial charge in [0.2, 0.25) is 5.75 Å². The van der Waals surface area contributed by atoms with Gasteiger partial charge in [-0.3, -0.25) is 9.59 Å². The molecule has 9 nitrogen and oxygen atoms in total. The molecule has 0 aliphatic carbocycles. The summed E-state index contributed by atoms with van der Waals surface area (Å²) >= 11 is 0. The maximum Gasteiger partial charge on any atom is 0.310 e. The third kappa shape index (κ3) is 5.00. The van der Waals surface area contributed by atoms with Crippen LogP contribution in [0.3, 0.4) is 0 Å². The predicted octanol–water partition coefficient (Wildman–Crippen LogP) is 3.19. The van der Waals surface area contributed by atoms with Crippen LogP contribution in [-0.2, 0) is 20.7 Å². The monoisotopic (exact) mass is 429 g/mol. The molecule has 0 bridgehead atoms. The molecule has 9 heteroatoms. The minimum Gasteiger partial charge on any atom is -0.497 e. The zero-order chi connectivity index (χ0) is 22.4. The van der Waals surface area contributed by atoms with Gasteiger partial charge in [-0.25, -0.2) is 0 Å². The lowest BCUT2D eigenvalue weighted by Gasteiger charge is -2.14. The fourth-order valence-corrected chi connectivity index (χ4v) is 3.03. The Morgan fingerprint density at radius 3 is 2.26 bits per heavy atom. The van der Waals surface area contributed by atoms with Gasteiger partial charge in [0.25, 0.3) is 5.91 Å². The molecule has 1 N–H and O–H groups in total. The van der Waals surface area contributed by atoms with Crippen molar-refractivity contribution in [2.45, 2.75) is 6.42 Å². The summed E-state index contributed by atoms with van der Waals surface area (Å²) in [5.41, 5.74) is 1.67. The highest BCUT2D eigenvalue weighted by Crippen LogP contribution is 2.39. The first-order chi connectivity index (χ1) is 15.0. The molecule has 1 amide bonds. The number of benzene rings is 2. The summed E-state index contributed by atoms with van der Waals surface area (Å²) in [5.74, 6) is 0.761. The first-order valence-electron chi connectivity index (χ1n) is 9.28. The number of anilines is 1. The highest BCUT2D eigenvalue weighted by Gasteiger charge is 2.16. The molecule has 0 fully saturated rings. The van der Waals surface area contributed by atoms with Gasteiger partial charge in [0.1, 0.15) is 11.3 Å². The number of carbonyl (C=O) groups is 2. The van der Waals surface area contributed by atoms with Crippen LogP contribution in [0.2, 0.25) is 0 Å². The number of ether oxygens (including phenoxy) is 5. The van der Waals surface area contributed by atoms with E-state index in [-0.39, 0.29) is 6.42 Å². The lowest BCUT2D eigenvalue weighted by atomic mass is 10.1. The van der Waals surface area contributed by atoms with Gasteiger partial charge in [-0.1, -0.05) is 0 Å². The van der Waals surface area contributed by atoms with E-state index in [1.807, 2.05) is 0 Å². The van der Waals surface area contributed by atoms with Crippen LogP contribution in [0.15, 0.2) is 41.0 Å². The SMILES string of the molecule is COc1ccc2c(CC(=O)OCC(=O)Nc3cc(OC)c(OC)c(OC)c3)coc2c1. The van der Waals surface area contributed by atoms with E-state index in [2.05, 4.69) is 5.32 Å². The highest BCUT2D eigenvalue weighted by molar-refractivity contribution is 5.94. The van der Waals surface area contributed by atoms with Gasteiger partial charge in [0.15, 0.2) is 18.1 Å². The average Bonchev–Trinajstić information content (AvgIpc) is 3.18. The number of furan rings is 1. The van der Waals surface area contributed by atoms with Crippen molar-refractivity contribution in [1.82, 2.24) is 0 Å². The molecular formula is C22H23NO8. The maximum absolute atomic E-state index is 12.2. The van der Waals surface area contributed by atoms with Crippen LogP contribution < -0.4 is 24.3 Å². The van der Waals surface area contributed by atoms with E-state index in [9.17, 15) is 9.59 Å². The molecule has 0 saturated heterocycles. The fraction of sp³-hybridized carbons (Fsp3) is 0.273. The van der Waals surface area contributed by atoms with Gasteiger partial charge in [-0.05, 0) is 12.1 Å². The molecule has 0 radical (unpaired) electrons. The van der Waals surface area contributed by atoms with E-state index in [1.165, 1.54) is 27.6 Å². The molecule has 31 heavy (non-hydrogen) atoms. The number of amides is 1. The van der Waals surface area contributed by atoms with Crippen LogP contribution in [0.25, 0.3) is 11.0 Å². The Labute approximate surface area is 178 Å². The van der Waals surface area contributed by atoms with Crippen molar-refractivity contribution >= 4 is 28.5 Å². The first-order valence-corrected chi connectivity index (χ1v) is 9.28. The van der Waals surface area contributed by atoms with Crippen LogP contribution in [0.5, 0.6) is 23.0 Å². The molecule has 0 saturated carbocycles. The summed E-state index contributed by atoms with van der Waals surface area (Å²) in [7, 11) is 5.99. The molecule has 0 unspecified atom stereocenters. The van der Waals surface area contributed by atoms with Crippen molar-refractivity contribution < 1.29 is 37.7 Å². The Morgan fingerprint density at radius 2 is 1.65 bits per heavy atom. The largest absolute Gasteiger partial charge is 0.497 e. The Balaban J connectivity index is 1.59. The molecule has 1 aromatic heterocycles. The second kappa shape index (κ2) is 9.75. The van der Waals surface area contributed by atoms with E-state index in [0.717, 1.165) is 5.39 Å². The Hall–Kier alpha value is -3.88. The van der Waals surface area contributed by atoms with Gasteiger partial charge < -0.3 is 33.4 Å². The second-order valence-corrected chi connectivity index (χ2v) is 6.42. The van der Waals surface area contributed by atoms with Crippen molar-refractivity contribution in [3.05, 3.63) is 42.2 Å². The zero-order valence-electron chi connectivity index (χ0n) is 17.6. The fourth-order valence-electron chi connectivity index (χ4n) is 3.03. The van der Waals surface area contributed by atoms with E-state index < -0.39 is 18.5 Å². The van der Waals surface area contributed by atoms with Crippen molar-refractivity contribution in [2.75, 3.05) is 40.4 Å². The van der Waals surface area contributed by atoms with Crippen LogP contribution in [0.4, 0.5) is 5.69 Å².